The van der Waals surface area contributed by atoms with Gasteiger partial charge in [0.1, 0.15) is 5.82 Å². The van der Waals surface area contributed by atoms with Crippen LogP contribution < -0.4 is 0 Å². The number of halogens is 1. The summed E-state index contributed by atoms with van der Waals surface area (Å²) in [5.41, 5.74) is 0.906. The standard InChI is InChI=1S/C14H18FNO2/c1-10(14(17)18)8-9-16(3)11(2)12-6-4-5-7-13(12)15/h4-8,11H,9H2,1-3H3,(H,17,18). The van der Waals surface area contributed by atoms with Gasteiger partial charge >= 0.3 is 5.97 Å². The van der Waals surface area contributed by atoms with Crippen LogP contribution in [0.3, 0.4) is 0 Å². The Balaban J connectivity index is 2.74. The Morgan fingerprint density at radius 1 is 1.50 bits per heavy atom. The maximum Gasteiger partial charge on any atom is 0.330 e. The molecule has 0 amide bonds. The SMILES string of the molecule is CC(=CCN(C)C(C)c1ccccc1F)C(=O)O. The molecule has 0 aliphatic heterocycles. The van der Waals surface area contributed by atoms with E-state index in [1.165, 1.54) is 6.07 Å². The molecule has 1 unspecified atom stereocenters. The molecule has 1 N–H and O–H groups in total. The third-order valence-corrected chi connectivity index (χ3v) is 3.04. The Morgan fingerprint density at radius 2 is 2.11 bits per heavy atom. The number of hydrogen-bond acceptors (Lipinski definition) is 2. The lowest BCUT2D eigenvalue weighted by Gasteiger charge is -2.24. The van der Waals surface area contributed by atoms with Gasteiger partial charge in [0.05, 0.1) is 0 Å². The molecule has 0 radical (unpaired) electrons. The van der Waals surface area contributed by atoms with E-state index >= 15 is 0 Å². The molecule has 4 heteroatoms. The average Bonchev–Trinajstić information content (AvgIpc) is 2.35. The Hall–Kier alpha value is -1.68. The van der Waals surface area contributed by atoms with Gasteiger partial charge in [0.25, 0.3) is 0 Å². The Morgan fingerprint density at radius 3 is 2.67 bits per heavy atom. The van der Waals surface area contributed by atoms with Crippen molar-refractivity contribution in [1.82, 2.24) is 4.90 Å². The van der Waals surface area contributed by atoms with Crippen LogP contribution in [0.5, 0.6) is 0 Å². The first-order chi connectivity index (χ1) is 8.43. The first kappa shape index (κ1) is 14.4. The molecule has 0 aromatic heterocycles. The van der Waals surface area contributed by atoms with E-state index in [4.69, 9.17) is 5.11 Å². The van der Waals surface area contributed by atoms with Crippen molar-refractivity contribution in [1.29, 1.82) is 0 Å². The second-order valence-electron chi connectivity index (χ2n) is 4.33. The fourth-order valence-corrected chi connectivity index (χ4v) is 1.58. The van der Waals surface area contributed by atoms with E-state index in [9.17, 15) is 9.18 Å². The van der Waals surface area contributed by atoms with Gasteiger partial charge in [0, 0.05) is 23.7 Å². The van der Waals surface area contributed by atoms with E-state index in [0.29, 0.717) is 17.7 Å². The molecule has 1 rings (SSSR count). The average molecular weight is 251 g/mol. The van der Waals surface area contributed by atoms with Gasteiger partial charge in [0.2, 0.25) is 0 Å². The third kappa shape index (κ3) is 3.67. The topological polar surface area (TPSA) is 40.5 Å². The predicted molar refractivity (Wildman–Crippen MR) is 68.8 cm³/mol. The van der Waals surface area contributed by atoms with Gasteiger partial charge in [-0.25, -0.2) is 9.18 Å². The molecule has 1 aromatic rings. The van der Waals surface area contributed by atoms with Crippen LogP contribution in [0.15, 0.2) is 35.9 Å². The van der Waals surface area contributed by atoms with Gasteiger partial charge in [-0.1, -0.05) is 24.3 Å². The molecular weight excluding hydrogens is 233 g/mol. The first-order valence-corrected chi connectivity index (χ1v) is 5.78. The molecule has 0 aliphatic rings. The van der Waals surface area contributed by atoms with E-state index in [1.807, 2.05) is 18.9 Å². The van der Waals surface area contributed by atoms with Gasteiger partial charge in [-0.3, -0.25) is 4.90 Å². The quantitative estimate of drug-likeness (QED) is 0.818. The number of hydrogen-bond donors (Lipinski definition) is 1. The lowest BCUT2D eigenvalue weighted by atomic mass is 10.1. The van der Waals surface area contributed by atoms with Crippen LogP contribution in [0.4, 0.5) is 4.39 Å². The fourth-order valence-electron chi connectivity index (χ4n) is 1.58. The largest absolute Gasteiger partial charge is 0.478 e. The monoisotopic (exact) mass is 251 g/mol. The summed E-state index contributed by atoms with van der Waals surface area (Å²) >= 11 is 0. The summed E-state index contributed by atoms with van der Waals surface area (Å²) in [5, 5.41) is 8.75. The number of likely N-dealkylation sites (N-methyl/N-ethyl adjacent to an activating group) is 1. The lowest BCUT2D eigenvalue weighted by Crippen LogP contribution is -2.23. The van der Waals surface area contributed by atoms with E-state index in [-0.39, 0.29) is 11.9 Å². The Bertz CT molecular complexity index is 457. The van der Waals surface area contributed by atoms with Crippen LogP contribution in [0.1, 0.15) is 25.5 Å². The van der Waals surface area contributed by atoms with Gasteiger partial charge in [-0.2, -0.15) is 0 Å². The van der Waals surface area contributed by atoms with Gasteiger partial charge in [0.15, 0.2) is 0 Å². The second kappa shape index (κ2) is 6.31. The smallest absolute Gasteiger partial charge is 0.330 e. The van der Waals surface area contributed by atoms with Crippen molar-refractivity contribution in [2.24, 2.45) is 0 Å². The fraction of sp³-hybridized carbons (Fsp3) is 0.357. The van der Waals surface area contributed by atoms with Crippen LogP contribution in [0, 0.1) is 5.82 Å². The van der Waals surface area contributed by atoms with Crippen LogP contribution in [-0.2, 0) is 4.79 Å². The van der Waals surface area contributed by atoms with Crippen molar-refractivity contribution in [2.75, 3.05) is 13.6 Å². The number of nitrogens with zero attached hydrogens (tertiary/aromatic N) is 1. The summed E-state index contributed by atoms with van der Waals surface area (Å²) < 4.78 is 13.6. The molecule has 0 fully saturated rings. The maximum absolute atomic E-state index is 13.6. The summed E-state index contributed by atoms with van der Waals surface area (Å²) in [4.78, 5) is 12.6. The Kier molecular flexibility index (Phi) is 5.04. The van der Waals surface area contributed by atoms with Gasteiger partial charge < -0.3 is 5.11 Å². The first-order valence-electron chi connectivity index (χ1n) is 5.78. The summed E-state index contributed by atoms with van der Waals surface area (Å²) in [6.45, 7) is 3.90. The van der Waals surface area contributed by atoms with Crippen molar-refractivity contribution in [2.45, 2.75) is 19.9 Å². The Labute approximate surface area is 107 Å². The predicted octanol–water partition coefficient (Wildman–Crippen LogP) is 2.85. The molecule has 0 spiro atoms. The lowest BCUT2D eigenvalue weighted by molar-refractivity contribution is -0.132. The number of carboxylic acids is 1. The van der Waals surface area contributed by atoms with E-state index < -0.39 is 5.97 Å². The molecule has 0 aliphatic carbocycles. The molecule has 0 heterocycles. The van der Waals surface area contributed by atoms with E-state index in [2.05, 4.69) is 0 Å². The molecule has 0 saturated heterocycles. The minimum Gasteiger partial charge on any atom is -0.478 e. The molecule has 0 saturated carbocycles. The highest BCUT2D eigenvalue weighted by molar-refractivity contribution is 5.85. The summed E-state index contributed by atoms with van der Waals surface area (Å²) in [5.74, 6) is -1.17. The minimum absolute atomic E-state index is 0.107. The minimum atomic E-state index is -0.929. The summed E-state index contributed by atoms with van der Waals surface area (Å²) in [7, 11) is 1.84. The van der Waals surface area contributed by atoms with Crippen molar-refractivity contribution in [3.05, 3.63) is 47.3 Å². The zero-order chi connectivity index (χ0) is 13.7. The highest BCUT2D eigenvalue weighted by Gasteiger charge is 2.14. The van der Waals surface area contributed by atoms with Gasteiger partial charge in [-0.05, 0) is 27.0 Å². The van der Waals surface area contributed by atoms with Crippen LogP contribution in [0.2, 0.25) is 0 Å². The summed E-state index contributed by atoms with van der Waals surface area (Å²) in [6, 6.07) is 6.51. The van der Waals surface area contributed by atoms with Crippen LogP contribution in [0.25, 0.3) is 0 Å². The third-order valence-electron chi connectivity index (χ3n) is 3.04. The van der Waals surface area contributed by atoms with Gasteiger partial charge in [-0.15, -0.1) is 0 Å². The molecule has 3 nitrogen and oxygen atoms in total. The molecule has 18 heavy (non-hydrogen) atoms. The normalized spacial score (nSPS) is 13.7. The molecule has 1 atom stereocenters. The molecule has 1 aromatic carbocycles. The maximum atomic E-state index is 13.6. The van der Waals surface area contributed by atoms with Crippen molar-refractivity contribution in [3.8, 4) is 0 Å². The zero-order valence-corrected chi connectivity index (χ0v) is 10.9. The highest BCUT2D eigenvalue weighted by atomic mass is 19.1. The second-order valence-corrected chi connectivity index (χ2v) is 4.33. The number of aliphatic carboxylic acids is 1. The van der Waals surface area contributed by atoms with Crippen molar-refractivity contribution < 1.29 is 14.3 Å². The number of rotatable bonds is 5. The highest BCUT2D eigenvalue weighted by Crippen LogP contribution is 2.21. The number of carbonyl (C=O) groups is 1. The van der Waals surface area contributed by atoms with Crippen LogP contribution >= 0.6 is 0 Å². The van der Waals surface area contributed by atoms with E-state index in [0.717, 1.165) is 0 Å². The van der Waals surface area contributed by atoms with Crippen LogP contribution in [-0.4, -0.2) is 29.6 Å². The molecule has 0 bridgehead atoms. The van der Waals surface area contributed by atoms with Crippen molar-refractivity contribution >= 4 is 5.97 Å². The zero-order valence-electron chi connectivity index (χ0n) is 10.9. The van der Waals surface area contributed by atoms with E-state index in [1.54, 1.807) is 31.2 Å². The molecular formula is C14H18FNO2. The summed E-state index contributed by atoms with van der Waals surface area (Å²) in [6.07, 6.45) is 1.62. The number of benzene rings is 1. The van der Waals surface area contributed by atoms with Crippen molar-refractivity contribution in [3.63, 3.8) is 0 Å². The molecule has 98 valence electrons. The number of carboxylic acid groups (broad SMARTS) is 1.